The minimum absolute atomic E-state index is 0.0627. The summed E-state index contributed by atoms with van der Waals surface area (Å²) in [7, 11) is 1.61. The molecule has 0 aliphatic rings. The third kappa shape index (κ3) is 3.56. The van der Waals surface area contributed by atoms with Crippen LogP contribution in [0.3, 0.4) is 0 Å². The number of rotatable bonds is 5. The van der Waals surface area contributed by atoms with Gasteiger partial charge in [-0.2, -0.15) is 0 Å². The molecule has 0 aliphatic heterocycles. The molecule has 0 saturated carbocycles. The van der Waals surface area contributed by atoms with E-state index in [0.29, 0.717) is 6.54 Å². The van der Waals surface area contributed by atoms with Crippen LogP contribution < -0.4 is 5.32 Å². The molecule has 0 unspecified atom stereocenters. The number of hydrogen-bond acceptors (Lipinski definition) is 3. The quantitative estimate of drug-likeness (QED) is 0.513. The highest BCUT2D eigenvalue weighted by Crippen LogP contribution is 2.18. The lowest BCUT2D eigenvalue weighted by Crippen LogP contribution is -2.35. The van der Waals surface area contributed by atoms with Gasteiger partial charge in [0.1, 0.15) is 5.69 Å². The van der Waals surface area contributed by atoms with Gasteiger partial charge in [-0.1, -0.05) is 29.8 Å². The first-order valence-electron chi connectivity index (χ1n) is 5.42. The topological polar surface area (TPSA) is 77.2 Å². The van der Waals surface area contributed by atoms with E-state index in [1.165, 1.54) is 16.8 Å². The van der Waals surface area contributed by atoms with Crippen LogP contribution in [0.4, 0.5) is 5.69 Å². The second kappa shape index (κ2) is 5.51. The van der Waals surface area contributed by atoms with E-state index in [2.05, 4.69) is 21.2 Å². The molecule has 0 radical (unpaired) electrons. The lowest BCUT2D eigenvalue weighted by Gasteiger charge is -2.21. The average Bonchev–Trinajstić information content (AvgIpc) is 2.69. The number of nitrogens with one attached hydrogen (secondary N) is 1. The van der Waals surface area contributed by atoms with Gasteiger partial charge in [-0.15, -0.1) is 0 Å². The first kappa shape index (κ1) is 14.7. The summed E-state index contributed by atoms with van der Waals surface area (Å²) in [4.78, 5) is 22.0. The van der Waals surface area contributed by atoms with Crippen molar-refractivity contribution in [3.63, 3.8) is 0 Å². The maximum Gasteiger partial charge on any atom is 0.287 e. The largest absolute Gasteiger partial charge is 0.350 e. The number of carbonyl (C=O) groups is 1. The molecule has 0 aromatic carbocycles. The van der Waals surface area contributed by atoms with E-state index >= 15 is 0 Å². The Morgan fingerprint density at radius 2 is 2.22 bits per heavy atom. The molecule has 1 aromatic heterocycles. The normalized spacial score (nSPS) is 11.3. The van der Waals surface area contributed by atoms with Gasteiger partial charge in [-0.05, 0) is 5.41 Å². The molecule has 1 rings (SSSR count). The smallest absolute Gasteiger partial charge is 0.287 e. The van der Waals surface area contributed by atoms with Crippen molar-refractivity contribution in [1.29, 1.82) is 0 Å². The third-order valence-corrected chi connectivity index (χ3v) is 4.04. The zero-order valence-electron chi connectivity index (χ0n) is 10.6. The average molecular weight is 318 g/mol. The molecule has 1 aromatic rings. The van der Waals surface area contributed by atoms with Crippen molar-refractivity contribution in [2.45, 2.75) is 13.8 Å². The van der Waals surface area contributed by atoms with Gasteiger partial charge in [0.05, 0.1) is 11.1 Å². The van der Waals surface area contributed by atoms with Crippen LogP contribution in [-0.4, -0.2) is 27.3 Å². The first-order valence-corrected chi connectivity index (χ1v) is 6.54. The number of aryl methyl sites for hydroxylation is 1. The number of nitro groups is 1. The second-order valence-corrected chi connectivity index (χ2v) is 5.49. The highest BCUT2D eigenvalue weighted by molar-refractivity contribution is 9.09. The van der Waals surface area contributed by atoms with E-state index < -0.39 is 4.92 Å². The van der Waals surface area contributed by atoms with Gasteiger partial charge < -0.3 is 9.88 Å². The molecule has 100 valence electrons. The summed E-state index contributed by atoms with van der Waals surface area (Å²) in [6, 6.07) is 1.27. The molecule has 18 heavy (non-hydrogen) atoms. The number of hydrogen-bond donors (Lipinski definition) is 1. The standard InChI is InChI=1S/C11H16BrN3O3/c1-11(2,6-12)7-13-10(16)9-4-8(15(17)18)5-14(9)3/h4-5H,6-7H2,1-3H3,(H,13,16). The van der Waals surface area contributed by atoms with Crippen LogP contribution in [0.15, 0.2) is 12.3 Å². The third-order valence-electron chi connectivity index (χ3n) is 2.52. The van der Waals surface area contributed by atoms with Gasteiger partial charge in [0.15, 0.2) is 0 Å². The molecular formula is C11H16BrN3O3. The Kier molecular flexibility index (Phi) is 4.50. The first-order chi connectivity index (χ1) is 8.26. The molecule has 0 fully saturated rings. The Morgan fingerprint density at radius 3 is 2.67 bits per heavy atom. The maximum atomic E-state index is 11.9. The number of halogens is 1. The molecule has 6 nitrogen and oxygen atoms in total. The Bertz CT molecular complexity index is 468. The molecule has 1 amide bonds. The predicted octanol–water partition coefficient (Wildman–Crippen LogP) is 2.08. The molecule has 0 spiro atoms. The predicted molar refractivity (Wildman–Crippen MR) is 72.0 cm³/mol. The number of aromatic nitrogens is 1. The maximum absolute atomic E-state index is 11.9. The Labute approximate surface area is 114 Å². The fraction of sp³-hybridized carbons (Fsp3) is 0.545. The molecule has 1 N–H and O–H groups in total. The SMILES string of the molecule is Cn1cc([N+](=O)[O-])cc1C(=O)NCC(C)(C)CBr. The van der Waals surface area contributed by atoms with Crippen LogP contribution in [0.2, 0.25) is 0 Å². The fourth-order valence-corrected chi connectivity index (χ4v) is 1.53. The van der Waals surface area contributed by atoms with E-state index in [0.717, 1.165) is 5.33 Å². The summed E-state index contributed by atoms with van der Waals surface area (Å²) >= 11 is 3.37. The summed E-state index contributed by atoms with van der Waals surface area (Å²) in [5, 5.41) is 14.1. The zero-order chi connectivity index (χ0) is 13.9. The highest BCUT2D eigenvalue weighted by atomic mass is 79.9. The molecule has 0 saturated heterocycles. The van der Waals surface area contributed by atoms with Gasteiger partial charge in [-0.25, -0.2) is 0 Å². The fourth-order valence-electron chi connectivity index (χ4n) is 1.33. The second-order valence-electron chi connectivity index (χ2n) is 4.93. The molecule has 1 heterocycles. The summed E-state index contributed by atoms with van der Waals surface area (Å²) in [5.41, 5.74) is 0.140. The minimum Gasteiger partial charge on any atom is -0.350 e. The lowest BCUT2D eigenvalue weighted by molar-refractivity contribution is -0.384. The number of nitrogens with zero attached hydrogens (tertiary/aromatic N) is 2. The van der Waals surface area contributed by atoms with Gasteiger partial charge in [0.2, 0.25) is 0 Å². The van der Waals surface area contributed by atoms with E-state index in [1.807, 2.05) is 13.8 Å². The number of alkyl halides is 1. The molecule has 0 atom stereocenters. The zero-order valence-corrected chi connectivity index (χ0v) is 12.2. The molecular weight excluding hydrogens is 302 g/mol. The van der Waals surface area contributed by atoms with Crippen LogP contribution in [-0.2, 0) is 7.05 Å². The number of carbonyl (C=O) groups excluding carboxylic acids is 1. The molecule has 7 heteroatoms. The summed E-state index contributed by atoms with van der Waals surface area (Å²) in [6.45, 7) is 4.51. The minimum atomic E-state index is -0.515. The van der Waals surface area contributed by atoms with Crippen molar-refractivity contribution < 1.29 is 9.72 Å². The van der Waals surface area contributed by atoms with Crippen molar-refractivity contribution >= 4 is 27.5 Å². The van der Waals surface area contributed by atoms with Gasteiger partial charge in [0, 0.05) is 25.0 Å². The van der Waals surface area contributed by atoms with Crippen LogP contribution in [0.1, 0.15) is 24.3 Å². The van der Waals surface area contributed by atoms with Crippen molar-refractivity contribution in [3.8, 4) is 0 Å². The van der Waals surface area contributed by atoms with E-state index in [1.54, 1.807) is 7.05 Å². The molecule has 0 aliphatic carbocycles. The van der Waals surface area contributed by atoms with E-state index in [4.69, 9.17) is 0 Å². The molecule has 0 bridgehead atoms. The Balaban J connectivity index is 2.76. The van der Waals surface area contributed by atoms with Gasteiger partial charge >= 0.3 is 0 Å². The van der Waals surface area contributed by atoms with Crippen LogP contribution in [0.5, 0.6) is 0 Å². The van der Waals surface area contributed by atoms with Crippen LogP contribution in [0, 0.1) is 15.5 Å². The van der Waals surface area contributed by atoms with Crippen molar-refractivity contribution in [2.75, 3.05) is 11.9 Å². The van der Waals surface area contributed by atoms with E-state index in [9.17, 15) is 14.9 Å². The Morgan fingerprint density at radius 1 is 1.61 bits per heavy atom. The summed E-state index contributed by atoms with van der Waals surface area (Å²) in [5.74, 6) is -0.306. The van der Waals surface area contributed by atoms with Crippen molar-refractivity contribution in [2.24, 2.45) is 12.5 Å². The number of amides is 1. The summed E-state index contributed by atoms with van der Waals surface area (Å²) < 4.78 is 1.45. The van der Waals surface area contributed by atoms with Crippen LogP contribution >= 0.6 is 15.9 Å². The van der Waals surface area contributed by atoms with Crippen molar-refractivity contribution in [1.82, 2.24) is 9.88 Å². The summed E-state index contributed by atoms with van der Waals surface area (Å²) in [6.07, 6.45) is 1.32. The van der Waals surface area contributed by atoms with Crippen LogP contribution in [0.25, 0.3) is 0 Å². The monoisotopic (exact) mass is 317 g/mol. The van der Waals surface area contributed by atoms with Gasteiger partial charge in [-0.3, -0.25) is 14.9 Å². The lowest BCUT2D eigenvalue weighted by atomic mass is 9.97. The van der Waals surface area contributed by atoms with Crippen molar-refractivity contribution in [3.05, 3.63) is 28.1 Å². The Hall–Kier alpha value is -1.37. The highest BCUT2D eigenvalue weighted by Gasteiger charge is 2.21. The van der Waals surface area contributed by atoms with E-state index in [-0.39, 0.29) is 22.7 Å². The van der Waals surface area contributed by atoms with Gasteiger partial charge in [0.25, 0.3) is 11.6 Å².